The molecule has 0 unspecified atom stereocenters. The van der Waals surface area contributed by atoms with E-state index >= 15 is 0 Å². The first-order valence-corrected chi connectivity index (χ1v) is 6.29. The summed E-state index contributed by atoms with van der Waals surface area (Å²) in [6.07, 6.45) is 1.92. The lowest BCUT2D eigenvalue weighted by Crippen LogP contribution is -2.24. The lowest BCUT2D eigenvalue weighted by molar-refractivity contribution is -0.113. The summed E-state index contributed by atoms with van der Waals surface area (Å²) >= 11 is 1.51. The van der Waals surface area contributed by atoms with Gasteiger partial charge in [-0.25, -0.2) is 0 Å². The number of amides is 1. The Morgan fingerprint density at radius 3 is 2.39 bits per heavy atom. The van der Waals surface area contributed by atoms with E-state index in [4.69, 9.17) is 14.7 Å². The molecule has 5 nitrogen and oxygen atoms in total. The van der Waals surface area contributed by atoms with Crippen molar-refractivity contribution in [2.24, 2.45) is 0 Å². The number of methoxy groups -OCH3 is 2. The number of ether oxygens (including phenoxy) is 2. The maximum Gasteiger partial charge on any atom is 0.329 e. The van der Waals surface area contributed by atoms with E-state index in [9.17, 15) is 4.79 Å². The average Bonchev–Trinajstić information content (AvgIpc) is 2.43. The number of nitrogens with zero attached hydrogens (tertiary/aromatic N) is 2. The van der Waals surface area contributed by atoms with E-state index in [-0.39, 0.29) is 0 Å². The molecule has 0 aliphatic heterocycles. The molecule has 6 heteroatoms. The Bertz CT molecular complexity index is 497. The van der Waals surface area contributed by atoms with Crippen molar-refractivity contribution in [3.63, 3.8) is 0 Å². The van der Waals surface area contributed by atoms with E-state index in [1.165, 1.54) is 30.8 Å². The second-order valence-corrected chi connectivity index (χ2v) is 4.20. The van der Waals surface area contributed by atoms with Crippen molar-refractivity contribution in [3.05, 3.63) is 12.1 Å². The Morgan fingerprint density at radius 2 is 1.94 bits per heavy atom. The molecule has 0 saturated carbocycles. The molecule has 1 rings (SSSR count). The Kier molecular flexibility index (Phi) is 4.86. The molecule has 0 radical (unpaired) electrons. The largest absolute Gasteiger partial charge is 0.496 e. The van der Waals surface area contributed by atoms with Crippen molar-refractivity contribution in [2.75, 3.05) is 32.4 Å². The van der Waals surface area contributed by atoms with Crippen LogP contribution in [0.1, 0.15) is 0 Å². The minimum Gasteiger partial charge on any atom is -0.496 e. The molecule has 0 aliphatic carbocycles. The number of carbonyl (C=O) groups excluding carboxylic acids is 1. The minimum absolute atomic E-state index is 0.499. The molecule has 1 aromatic rings. The van der Waals surface area contributed by atoms with Crippen molar-refractivity contribution in [2.45, 2.75) is 4.90 Å². The molecule has 0 spiro atoms. The van der Waals surface area contributed by atoms with Gasteiger partial charge >= 0.3 is 5.91 Å². The summed E-state index contributed by atoms with van der Waals surface area (Å²) in [5, 5.41) is 8.64. The summed E-state index contributed by atoms with van der Waals surface area (Å²) in [7, 11) is 4.58. The summed E-state index contributed by atoms with van der Waals surface area (Å²) in [5.74, 6) is 0.495. The fourth-order valence-electron chi connectivity index (χ4n) is 1.46. The highest BCUT2D eigenvalue weighted by atomic mass is 32.2. The van der Waals surface area contributed by atoms with Gasteiger partial charge in [0.05, 0.1) is 24.8 Å². The van der Waals surface area contributed by atoms with Crippen LogP contribution in [0, 0.1) is 11.3 Å². The highest BCUT2D eigenvalue weighted by molar-refractivity contribution is 7.98. The number of hydrogen-bond acceptors (Lipinski definition) is 5. The van der Waals surface area contributed by atoms with Gasteiger partial charge in [-0.3, -0.25) is 9.69 Å². The van der Waals surface area contributed by atoms with E-state index in [0.29, 0.717) is 17.2 Å². The van der Waals surface area contributed by atoms with Crippen LogP contribution in [0.5, 0.6) is 11.5 Å². The van der Waals surface area contributed by atoms with Crippen molar-refractivity contribution in [1.29, 1.82) is 5.26 Å². The summed E-state index contributed by atoms with van der Waals surface area (Å²) in [6.45, 7) is 0. The predicted molar refractivity (Wildman–Crippen MR) is 70.4 cm³/mol. The summed E-state index contributed by atoms with van der Waals surface area (Å²) < 4.78 is 10.5. The van der Waals surface area contributed by atoms with E-state index in [1.807, 2.05) is 6.26 Å². The lowest BCUT2D eigenvalue weighted by atomic mass is 10.2. The maximum absolute atomic E-state index is 11.4. The van der Waals surface area contributed by atoms with Crippen molar-refractivity contribution in [3.8, 4) is 17.6 Å². The summed E-state index contributed by atoms with van der Waals surface area (Å²) in [5.41, 5.74) is 0.499. The van der Waals surface area contributed by atoms with Crippen LogP contribution in [0.25, 0.3) is 0 Å². The van der Waals surface area contributed by atoms with Gasteiger partial charge in [-0.1, -0.05) is 0 Å². The first-order valence-electron chi connectivity index (χ1n) is 5.06. The molecule has 0 atom stereocenters. The topological polar surface area (TPSA) is 62.6 Å². The highest BCUT2D eigenvalue weighted by Gasteiger charge is 2.18. The van der Waals surface area contributed by atoms with Crippen LogP contribution >= 0.6 is 11.8 Å². The van der Waals surface area contributed by atoms with Crippen LogP contribution in [0.4, 0.5) is 5.69 Å². The second kappa shape index (κ2) is 6.17. The Labute approximate surface area is 110 Å². The van der Waals surface area contributed by atoms with Crippen molar-refractivity contribution in [1.82, 2.24) is 0 Å². The highest BCUT2D eigenvalue weighted by Crippen LogP contribution is 2.38. The van der Waals surface area contributed by atoms with Gasteiger partial charge in [0.1, 0.15) is 11.5 Å². The predicted octanol–water partition coefficient (Wildman–Crippen LogP) is 1.91. The number of carbonyl (C=O) groups is 1. The second-order valence-electron chi connectivity index (χ2n) is 3.36. The van der Waals surface area contributed by atoms with Gasteiger partial charge in [-0.15, -0.1) is 11.8 Å². The van der Waals surface area contributed by atoms with Gasteiger partial charge in [-0.05, 0) is 12.3 Å². The third-order valence-electron chi connectivity index (χ3n) is 2.45. The molecule has 1 amide bonds. The molecule has 0 aromatic heterocycles. The van der Waals surface area contributed by atoms with Crippen LogP contribution in [-0.4, -0.2) is 33.4 Å². The van der Waals surface area contributed by atoms with Gasteiger partial charge in [0.15, 0.2) is 6.07 Å². The van der Waals surface area contributed by atoms with Gasteiger partial charge < -0.3 is 9.47 Å². The Hall–Kier alpha value is -1.87. The minimum atomic E-state index is -0.660. The average molecular weight is 266 g/mol. The Morgan fingerprint density at radius 1 is 1.33 bits per heavy atom. The standard InChI is InChI=1S/C12H14N2O3S/c1-14(12(15)7-13)8-5-10(17-3)11(18-4)6-9(8)16-2/h5-6H,1-4H3. The third kappa shape index (κ3) is 2.68. The van der Waals surface area contributed by atoms with E-state index in [0.717, 1.165) is 4.90 Å². The molecule has 0 N–H and O–H groups in total. The fraction of sp³-hybridized carbons (Fsp3) is 0.333. The number of hydrogen-bond donors (Lipinski definition) is 0. The molecule has 18 heavy (non-hydrogen) atoms. The number of rotatable bonds is 4. The van der Waals surface area contributed by atoms with Gasteiger partial charge in [0.2, 0.25) is 0 Å². The van der Waals surface area contributed by atoms with E-state index in [2.05, 4.69) is 0 Å². The van der Waals surface area contributed by atoms with Crippen molar-refractivity contribution >= 4 is 23.4 Å². The molecule has 0 heterocycles. The third-order valence-corrected chi connectivity index (χ3v) is 3.21. The molecule has 0 saturated heterocycles. The van der Waals surface area contributed by atoms with Gasteiger partial charge in [0.25, 0.3) is 0 Å². The summed E-state index contributed by atoms with van der Waals surface area (Å²) in [4.78, 5) is 13.5. The van der Waals surface area contributed by atoms with Crippen LogP contribution in [0.15, 0.2) is 17.0 Å². The van der Waals surface area contributed by atoms with Crippen LogP contribution in [-0.2, 0) is 4.79 Å². The zero-order valence-corrected chi connectivity index (χ0v) is 11.5. The number of nitriles is 1. The molecule has 96 valence electrons. The van der Waals surface area contributed by atoms with Crippen LogP contribution < -0.4 is 14.4 Å². The molecular weight excluding hydrogens is 252 g/mol. The quantitative estimate of drug-likeness (QED) is 0.615. The number of benzene rings is 1. The fourth-order valence-corrected chi connectivity index (χ4v) is 2.03. The zero-order chi connectivity index (χ0) is 13.7. The van der Waals surface area contributed by atoms with Crippen LogP contribution in [0.2, 0.25) is 0 Å². The first-order chi connectivity index (χ1) is 8.58. The van der Waals surface area contributed by atoms with E-state index in [1.54, 1.807) is 25.3 Å². The molecule has 0 bridgehead atoms. The van der Waals surface area contributed by atoms with Crippen LogP contribution in [0.3, 0.4) is 0 Å². The van der Waals surface area contributed by atoms with E-state index < -0.39 is 5.91 Å². The molecule has 0 aliphatic rings. The summed E-state index contributed by atoms with van der Waals surface area (Å²) in [6, 6.07) is 5.02. The maximum atomic E-state index is 11.4. The monoisotopic (exact) mass is 266 g/mol. The first kappa shape index (κ1) is 14.2. The molecular formula is C12H14N2O3S. The van der Waals surface area contributed by atoms with Crippen molar-refractivity contribution < 1.29 is 14.3 Å². The smallest absolute Gasteiger partial charge is 0.329 e. The SMILES string of the molecule is COc1cc(N(C)C(=O)C#N)c(OC)cc1SC. The molecule has 1 aromatic carbocycles. The number of anilines is 1. The molecule has 0 fully saturated rings. The van der Waals surface area contributed by atoms with Gasteiger partial charge in [-0.2, -0.15) is 5.26 Å². The zero-order valence-electron chi connectivity index (χ0n) is 10.7. The number of thioether (sulfide) groups is 1. The van der Waals surface area contributed by atoms with Gasteiger partial charge in [0, 0.05) is 13.1 Å². The Balaban J connectivity index is 3.34. The lowest BCUT2D eigenvalue weighted by Gasteiger charge is -2.19. The normalized spacial score (nSPS) is 9.50.